The number of aliphatic hydroxyl groups excluding tert-OH is 1. The summed E-state index contributed by atoms with van der Waals surface area (Å²) in [5.41, 5.74) is 0.121. The summed E-state index contributed by atoms with van der Waals surface area (Å²) in [4.78, 5) is 15.4. The van der Waals surface area contributed by atoms with Crippen LogP contribution in [0.5, 0.6) is 0 Å². The lowest BCUT2D eigenvalue weighted by molar-refractivity contribution is -0.144. The van der Waals surface area contributed by atoms with Crippen LogP contribution < -0.4 is 0 Å². The summed E-state index contributed by atoms with van der Waals surface area (Å²) in [6.07, 6.45) is 14.0. The van der Waals surface area contributed by atoms with E-state index in [1.165, 1.54) is 44.9 Å². The van der Waals surface area contributed by atoms with E-state index in [-0.39, 0.29) is 18.1 Å². The van der Waals surface area contributed by atoms with E-state index in [0.717, 1.165) is 32.1 Å². The molecule has 3 rings (SSSR count). The molecule has 3 fully saturated rings. The third-order valence-electron chi connectivity index (χ3n) is 6.64. The molecule has 1 aliphatic carbocycles. The van der Waals surface area contributed by atoms with E-state index in [4.69, 9.17) is 0 Å². The van der Waals surface area contributed by atoms with Gasteiger partial charge >= 0.3 is 0 Å². The van der Waals surface area contributed by atoms with Crippen LogP contribution in [0.3, 0.4) is 0 Å². The zero-order chi connectivity index (χ0) is 15.6. The summed E-state index contributed by atoms with van der Waals surface area (Å²) in [5, 5.41) is 9.86. The fourth-order valence-electron chi connectivity index (χ4n) is 5.70. The zero-order valence-corrected chi connectivity index (χ0v) is 14.2. The van der Waals surface area contributed by atoms with Gasteiger partial charge in [-0.3, -0.25) is 9.69 Å². The molecule has 22 heavy (non-hydrogen) atoms. The molecule has 0 radical (unpaired) electrons. The van der Waals surface area contributed by atoms with Gasteiger partial charge in [0.2, 0.25) is 0 Å². The Morgan fingerprint density at radius 1 is 1.14 bits per heavy atom. The summed E-state index contributed by atoms with van der Waals surface area (Å²) >= 11 is 0. The maximum atomic E-state index is 12.8. The molecule has 1 N–H and O–H groups in total. The van der Waals surface area contributed by atoms with E-state index in [9.17, 15) is 9.90 Å². The number of carbonyl (C=O) groups excluding carboxylic acids is 1. The number of rotatable bonds is 6. The van der Waals surface area contributed by atoms with Gasteiger partial charge in [-0.25, -0.2) is 0 Å². The van der Waals surface area contributed by atoms with Crippen LogP contribution in [0, 0.1) is 5.92 Å². The first-order valence-corrected chi connectivity index (χ1v) is 9.65. The summed E-state index contributed by atoms with van der Waals surface area (Å²) in [5.74, 6) is 0.805. The highest BCUT2D eigenvalue weighted by Crippen LogP contribution is 2.53. The van der Waals surface area contributed by atoms with Gasteiger partial charge in [-0.2, -0.15) is 0 Å². The predicted molar refractivity (Wildman–Crippen MR) is 88.8 cm³/mol. The summed E-state index contributed by atoms with van der Waals surface area (Å²) in [6, 6.07) is 0.711. The molecule has 2 aliphatic heterocycles. The number of piperidine rings is 1. The lowest BCUT2D eigenvalue weighted by Gasteiger charge is -2.55. The molecule has 0 amide bonds. The molecule has 1 spiro atoms. The van der Waals surface area contributed by atoms with Crippen molar-refractivity contribution >= 4 is 5.78 Å². The van der Waals surface area contributed by atoms with Gasteiger partial charge in [0.05, 0.1) is 6.61 Å². The van der Waals surface area contributed by atoms with Gasteiger partial charge in [-0.05, 0) is 32.1 Å². The second-order valence-corrected chi connectivity index (χ2v) is 7.86. The normalized spacial score (nSPS) is 38.8. The third kappa shape index (κ3) is 2.75. The number of hydrogen-bond donors (Lipinski definition) is 1. The van der Waals surface area contributed by atoms with Gasteiger partial charge in [0.1, 0.15) is 5.78 Å². The Bertz CT molecular complexity index is 397. The minimum absolute atomic E-state index is 0.121. The lowest BCUT2D eigenvalue weighted by Crippen LogP contribution is -2.64. The Balaban J connectivity index is 1.77. The number of aliphatic hydroxyl groups is 1. The zero-order valence-electron chi connectivity index (χ0n) is 14.2. The Morgan fingerprint density at radius 3 is 2.77 bits per heavy atom. The van der Waals surface area contributed by atoms with Crippen molar-refractivity contribution in [2.75, 3.05) is 6.61 Å². The monoisotopic (exact) mass is 307 g/mol. The molecule has 3 aliphatic rings. The van der Waals surface area contributed by atoms with Crippen LogP contribution in [-0.4, -0.2) is 40.0 Å². The van der Waals surface area contributed by atoms with Crippen molar-refractivity contribution in [2.45, 2.75) is 102 Å². The van der Waals surface area contributed by atoms with E-state index in [1.54, 1.807) is 0 Å². The van der Waals surface area contributed by atoms with Crippen LogP contribution in [0.25, 0.3) is 0 Å². The largest absolute Gasteiger partial charge is 0.395 e. The number of hydrogen-bond acceptors (Lipinski definition) is 3. The van der Waals surface area contributed by atoms with Crippen molar-refractivity contribution in [1.82, 2.24) is 4.90 Å². The van der Waals surface area contributed by atoms with Crippen LogP contribution in [0.2, 0.25) is 0 Å². The molecule has 2 saturated heterocycles. The molecule has 0 bridgehead atoms. The van der Waals surface area contributed by atoms with Crippen LogP contribution in [0.15, 0.2) is 0 Å². The van der Waals surface area contributed by atoms with Crippen molar-refractivity contribution in [3.8, 4) is 0 Å². The molecule has 0 aromatic carbocycles. The molecule has 126 valence electrons. The summed E-state index contributed by atoms with van der Waals surface area (Å²) in [6.45, 7) is 2.52. The van der Waals surface area contributed by atoms with Gasteiger partial charge in [0.15, 0.2) is 0 Å². The molecule has 0 unspecified atom stereocenters. The van der Waals surface area contributed by atoms with Crippen molar-refractivity contribution in [2.24, 2.45) is 5.92 Å². The van der Waals surface area contributed by atoms with Gasteiger partial charge in [0.25, 0.3) is 0 Å². The number of nitrogens with zero attached hydrogens (tertiary/aromatic N) is 1. The lowest BCUT2D eigenvalue weighted by atomic mass is 9.65. The molecule has 0 aromatic heterocycles. The van der Waals surface area contributed by atoms with Crippen LogP contribution in [-0.2, 0) is 4.79 Å². The number of ketones is 1. The van der Waals surface area contributed by atoms with Crippen LogP contribution in [0.1, 0.15) is 84.0 Å². The summed E-state index contributed by atoms with van der Waals surface area (Å²) in [7, 11) is 0. The first-order chi connectivity index (χ1) is 10.7. The fraction of sp³-hybridized carbons (Fsp3) is 0.947. The minimum atomic E-state index is 0.121. The van der Waals surface area contributed by atoms with Gasteiger partial charge in [-0.15, -0.1) is 0 Å². The number of unbranched alkanes of at least 4 members (excludes halogenated alkanes) is 3. The second kappa shape index (κ2) is 7.00. The molecule has 4 atom stereocenters. The highest BCUT2D eigenvalue weighted by Gasteiger charge is 2.58. The Kier molecular flexibility index (Phi) is 5.24. The second-order valence-electron chi connectivity index (χ2n) is 7.86. The molecular formula is C19H33NO2. The average Bonchev–Trinajstić information content (AvgIpc) is 2.90. The Hall–Kier alpha value is -0.410. The average molecular weight is 307 g/mol. The maximum Gasteiger partial charge on any atom is 0.139 e. The fourth-order valence-corrected chi connectivity index (χ4v) is 5.70. The molecule has 0 aromatic rings. The molecule has 1 saturated carbocycles. The van der Waals surface area contributed by atoms with Gasteiger partial charge in [0, 0.05) is 30.0 Å². The quantitative estimate of drug-likeness (QED) is 0.761. The van der Waals surface area contributed by atoms with E-state index in [1.807, 2.05) is 0 Å². The molecule has 3 nitrogen and oxygen atoms in total. The van der Waals surface area contributed by atoms with E-state index in [2.05, 4.69) is 11.8 Å². The SMILES string of the molecule is CCCCCC[C@@H]1CC(=O)[C@@H]2CCCC[C@@]23CC[C@H](CO)N13. The van der Waals surface area contributed by atoms with Crippen molar-refractivity contribution < 1.29 is 9.90 Å². The van der Waals surface area contributed by atoms with E-state index < -0.39 is 0 Å². The highest BCUT2D eigenvalue weighted by atomic mass is 16.3. The number of Topliss-reactive ketones (excluding diaryl/α,β-unsaturated/α-hetero) is 1. The predicted octanol–water partition coefficient (Wildman–Crippen LogP) is 3.68. The smallest absolute Gasteiger partial charge is 0.139 e. The molecule has 3 heteroatoms. The van der Waals surface area contributed by atoms with Crippen molar-refractivity contribution in [3.63, 3.8) is 0 Å². The Morgan fingerprint density at radius 2 is 2.00 bits per heavy atom. The maximum absolute atomic E-state index is 12.8. The van der Waals surface area contributed by atoms with E-state index in [0.29, 0.717) is 17.9 Å². The third-order valence-corrected chi connectivity index (χ3v) is 6.64. The van der Waals surface area contributed by atoms with Crippen LogP contribution in [0.4, 0.5) is 0 Å². The van der Waals surface area contributed by atoms with Crippen molar-refractivity contribution in [3.05, 3.63) is 0 Å². The van der Waals surface area contributed by atoms with Crippen LogP contribution >= 0.6 is 0 Å². The van der Waals surface area contributed by atoms with Gasteiger partial charge in [-0.1, -0.05) is 45.4 Å². The first-order valence-electron chi connectivity index (χ1n) is 9.65. The van der Waals surface area contributed by atoms with E-state index >= 15 is 0 Å². The summed E-state index contributed by atoms with van der Waals surface area (Å²) < 4.78 is 0. The van der Waals surface area contributed by atoms with Gasteiger partial charge < -0.3 is 5.11 Å². The van der Waals surface area contributed by atoms with Crippen molar-refractivity contribution in [1.29, 1.82) is 0 Å². The minimum Gasteiger partial charge on any atom is -0.395 e. The highest BCUT2D eigenvalue weighted by molar-refractivity contribution is 5.84. The Labute approximate surface area is 135 Å². The first kappa shape index (κ1) is 16.4. The standard InChI is InChI=1S/C19H33NO2/c1-2-3-4-5-8-15-13-18(22)17-9-6-7-11-19(17)12-10-16(14-21)20(15)19/h15-17,21H,2-14H2,1H3/t15-,16-,17+,19-/m1/s1. The molecule has 2 heterocycles. The topological polar surface area (TPSA) is 40.5 Å². The molecular weight excluding hydrogens is 274 g/mol. The number of carbonyl (C=O) groups is 1.